The molecule has 0 saturated heterocycles. The Morgan fingerprint density at radius 1 is 0.606 bits per heavy atom. The van der Waals surface area contributed by atoms with Gasteiger partial charge in [0, 0.05) is 104 Å². The molecular weight excluding hydrogens is 877 g/mol. The number of fused-ring (bicyclic) bond motifs is 2. The Morgan fingerprint density at radius 2 is 1.20 bits per heavy atom. The van der Waals surface area contributed by atoms with Gasteiger partial charge in [-0.1, -0.05) is 91.0 Å². The summed E-state index contributed by atoms with van der Waals surface area (Å²) in [4.78, 5) is 4.70. The highest BCUT2D eigenvalue weighted by Crippen LogP contribution is 2.44. The third kappa shape index (κ3) is 11.1. The van der Waals surface area contributed by atoms with E-state index in [2.05, 4.69) is 157 Å². The van der Waals surface area contributed by atoms with Gasteiger partial charge in [0.15, 0.2) is 6.54 Å². The summed E-state index contributed by atoms with van der Waals surface area (Å²) in [7, 11) is -4.58. The molecule has 2 aliphatic rings. The number of para-hydroxylation sites is 2. The topological polar surface area (TPSA) is 97.8 Å². The largest absolute Gasteiger partial charge is 0.456 e. The molecule has 3 N–H and O–H groups in total. The molecule has 0 amide bonds. The van der Waals surface area contributed by atoms with E-state index >= 15 is 0 Å². The molecule has 8 rings (SSSR count). The summed E-state index contributed by atoms with van der Waals surface area (Å²) < 4.78 is 45.9. The van der Waals surface area contributed by atoms with Crippen LogP contribution in [0.5, 0.6) is 0 Å². The molecule has 0 spiro atoms. The van der Waals surface area contributed by atoms with E-state index in [0.29, 0.717) is 35.6 Å². The van der Waals surface area contributed by atoms with Crippen molar-refractivity contribution >= 4 is 61.7 Å². The van der Waals surface area contributed by atoms with Crippen LogP contribution >= 0.6 is 23.5 Å². The minimum atomic E-state index is -4.58. The van der Waals surface area contributed by atoms with Crippen LogP contribution in [0.2, 0.25) is 0 Å². The number of anilines is 2. The lowest BCUT2D eigenvalue weighted by Gasteiger charge is -2.29. The Labute approximate surface area is 397 Å². The normalized spacial score (nSPS) is 12.2. The number of hydrogen-bond donors (Lipinski definition) is 3. The van der Waals surface area contributed by atoms with Crippen LogP contribution in [0.4, 0.5) is 17.1 Å². The Bertz CT molecular complexity index is 3040. The number of benzene rings is 7. The van der Waals surface area contributed by atoms with Gasteiger partial charge in [-0.3, -0.25) is 4.55 Å². The van der Waals surface area contributed by atoms with Crippen LogP contribution in [0.25, 0.3) is 33.4 Å². The van der Waals surface area contributed by atoms with E-state index in [9.17, 15) is 13.0 Å². The average Bonchev–Trinajstić information content (AvgIpc) is 3.31. The van der Waals surface area contributed by atoms with Gasteiger partial charge in [-0.2, -0.15) is 13.0 Å². The fourth-order valence-electron chi connectivity index (χ4n) is 8.74. The smallest absolute Gasteiger partial charge is 0.295 e. The fourth-order valence-corrected chi connectivity index (χ4v) is 11.1. The summed E-state index contributed by atoms with van der Waals surface area (Å²) in [6.07, 6.45) is 0. The molecule has 66 heavy (non-hydrogen) atoms. The Balaban J connectivity index is 1.22. The molecule has 1 aliphatic heterocycles. The van der Waals surface area contributed by atoms with Crippen molar-refractivity contribution in [3.05, 3.63) is 185 Å². The SMILES string of the molecule is Cc1cccc(C)c1N(CCNCCSc1ccccc1)c1ccc2c(-c3ccccc3S(=O)(=O)O)c3ccc(=[N+](CCNCCSc4ccccc4)c4c(C)cccc4C)cc-3oc2c1. The van der Waals surface area contributed by atoms with Crippen molar-refractivity contribution < 1.29 is 17.4 Å². The van der Waals surface area contributed by atoms with Crippen LogP contribution in [0.15, 0.2) is 177 Å². The fraction of sp³-hybridized carbons (Fsp3) is 0.218. The quantitative estimate of drug-likeness (QED) is 0.0241. The zero-order valence-electron chi connectivity index (χ0n) is 38.0. The maximum absolute atomic E-state index is 13.0. The lowest BCUT2D eigenvalue weighted by atomic mass is 9.93. The minimum Gasteiger partial charge on any atom is -0.456 e. The van der Waals surface area contributed by atoms with Crippen molar-refractivity contribution in [1.82, 2.24) is 15.2 Å². The number of rotatable bonds is 19. The first-order chi connectivity index (χ1) is 32.1. The van der Waals surface area contributed by atoms with Crippen molar-refractivity contribution in [2.75, 3.05) is 55.7 Å². The number of aryl methyl sites for hydroxylation is 4. The van der Waals surface area contributed by atoms with Gasteiger partial charge in [-0.25, -0.2) is 0 Å². The van der Waals surface area contributed by atoms with Gasteiger partial charge in [0.05, 0.1) is 12.6 Å². The summed E-state index contributed by atoms with van der Waals surface area (Å²) in [6, 6.07) is 52.7. The maximum atomic E-state index is 13.0. The first-order valence-corrected chi connectivity index (χ1v) is 25.8. The second-order valence-corrected chi connectivity index (χ2v) is 20.1. The maximum Gasteiger partial charge on any atom is 0.295 e. The summed E-state index contributed by atoms with van der Waals surface area (Å²) >= 11 is 3.68. The van der Waals surface area contributed by atoms with Gasteiger partial charge in [0.1, 0.15) is 16.2 Å². The first-order valence-electron chi connectivity index (χ1n) is 22.4. The molecule has 6 aromatic carbocycles. The average molecular weight is 934 g/mol. The van der Waals surface area contributed by atoms with Crippen LogP contribution in [-0.4, -0.2) is 63.7 Å². The summed E-state index contributed by atoms with van der Waals surface area (Å²) in [5, 5.41) is 9.02. The molecule has 6 aromatic rings. The molecule has 0 unspecified atom stereocenters. The van der Waals surface area contributed by atoms with E-state index in [0.717, 1.165) is 93.3 Å². The van der Waals surface area contributed by atoms with E-state index in [4.69, 9.17) is 4.42 Å². The number of hydrogen-bond acceptors (Lipinski definition) is 8. The van der Waals surface area contributed by atoms with Crippen LogP contribution in [0, 0.1) is 27.7 Å². The molecule has 0 aromatic heterocycles. The predicted octanol–water partition coefficient (Wildman–Crippen LogP) is 11.7. The second-order valence-electron chi connectivity index (χ2n) is 16.4. The Morgan fingerprint density at radius 3 is 1.83 bits per heavy atom. The van der Waals surface area contributed by atoms with Crippen molar-refractivity contribution in [3.8, 4) is 22.5 Å². The zero-order valence-corrected chi connectivity index (χ0v) is 40.4. The molecule has 0 saturated carbocycles. The minimum absolute atomic E-state index is 0.158. The molecule has 11 heteroatoms. The van der Waals surface area contributed by atoms with Crippen molar-refractivity contribution in [2.24, 2.45) is 0 Å². The lowest BCUT2D eigenvalue weighted by molar-refractivity contribution is 0.483. The Hall–Kier alpha value is -5.66. The second kappa shape index (κ2) is 21.8. The van der Waals surface area contributed by atoms with Crippen LogP contribution in [-0.2, 0) is 10.1 Å². The van der Waals surface area contributed by atoms with E-state index < -0.39 is 10.1 Å². The van der Waals surface area contributed by atoms with Gasteiger partial charge in [-0.05, 0) is 87.4 Å². The third-order valence-electron chi connectivity index (χ3n) is 11.8. The highest BCUT2D eigenvalue weighted by Gasteiger charge is 2.26. The number of thioether (sulfide) groups is 2. The summed E-state index contributed by atoms with van der Waals surface area (Å²) in [6.45, 7) is 13.2. The van der Waals surface area contributed by atoms with E-state index in [1.807, 2.05) is 47.8 Å². The predicted molar refractivity (Wildman–Crippen MR) is 277 cm³/mol. The van der Waals surface area contributed by atoms with Crippen molar-refractivity contribution in [2.45, 2.75) is 42.4 Å². The molecule has 1 aliphatic carbocycles. The van der Waals surface area contributed by atoms with Crippen molar-refractivity contribution in [1.29, 1.82) is 0 Å². The molecule has 0 atom stereocenters. The molecule has 0 radical (unpaired) electrons. The summed E-state index contributed by atoms with van der Waals surface area (Å²) in [5.74, 6) is 2.50. The van der Waals surface area contributed by atoms with Crippen LogP contribution in [0.3, 0.4) is 0 Å². The third-order valence-corrected chi connectivity index (χ3v) is 14.7. The van der Waals surface area contributed by atoms with Crippen LogP contribution < -0.4 is 25.5 Å². The summed E-state index contributed by atoms with van der Waals surface area (Å²) in [5.41, 5.74) is 10.3. The molecule has 0 bridgehead atoms. The standard InChI is InChI=1S/C55H56N4O4S3/c1-39-15-13-16-40(2)54(39)58(33-29-56-31-35-64-45-19-7-5-8-20-45)43-25-27-47-50(37-43)63-51-38-44(26-28-48(51)53(47)49-23-11-12-24-52(49)66(60,61)62)59(55-41(3)17-14-18-42(55)4)34-30-57-32-36-65-46-21-9-6-10-22-46/h5-28,37-38,56-57H,29-36H2,1-4H3/p+1. The highest BCUT2D eigenvalue weighted by molar-refractivity contribution is 7.99. The van der Waals surface area contributed by atoms with Gasteiger partial charge in [-0.15, -0.1) is 23.5 Å². The highest BCUT2D eigenvalue weighted by atomic mass is 32.2. The zero-order chi connectivity index (χ0) is 46.0. The van der Waals surface area contributed by atoms with Gasteiger partial charge in [0.2, 0.25) is 11.0 Å². The number of nitrogens with zero attached hydrogens (tertiary/aromatic N) is 2. The Kier molecular flexibility index (Phi) is 15.4. The van der Waals surface area contributed by atoms with E-state index in [1.165, 1.54) is 15.9 Å². The molecule has 1 heterocycles. The van der Waals surface area contributed by atoms with Crippen molar-refractivity contribution in [3.63, 3.8) is 0 Å². The van der Waals surface area contributed by atoms with Gasteiger partial charge >= 0.3 is 0 Å². The monoisotopic (exact) mass is 933 g/mol. The lowest BCUT2D eigenvalue weighted by Crippen LogP contribution is -2.34. The molecular formula is C55H57N4O4S3+. The number of nitrogens with one attached hydrogen (secondary N) is 2. The van der Waals surface area contributed by atoms with E-state index in [-0.39, 0.29) is 4.90 Å². The van der Waals surface area contributed by atoms with Gasteiger partial charge in [0.25, 0.3) is 10.1 Å². The van der Waals surface area contributed by atoms with E-state index in [1.54, 1.807) is 18.2 Å². The van der Waals surface area contributed by atoms with Gasteiger partial charge < -0.3 is 20.0 Å². The van der Waals surface area contributed by atoms with Crippen LogP contribution in [0.1, 0.15) is 22.3 Å². The molecule has 338 valence electrons. The molecule has 0 fully saturated rings. The first kappa shape index (κ1) is 46.9. The molecule has 8 nitrogen and oxygen atoms in total.